The molecule has 67 heavy (non-hydrogen) atoms. The first-order chi connectivity index (χ1) is 31.6. The van der Waals surface area contributed by atoms with E-state index in [1.165, 1.54) is 22.8 Å². The number of alkyl halides is 6. The summed E-state index contributed by atoms with van der Waals surface area (Å²) < 4.78 is 113. The van der Waals surface area contributed by atoms with E-state index >= 15 is 0 Å². The van der Waals surface area contributed by atoms with E-state index in [0.29, 0.717) is 41.7 Å². The first-order valence-corrected chi connectivity index (χ1v) is 24.2. The number of amides is 2. The molecule has 6 heterocycles. The van der Waals surface area contributed by atoms with Crippen LogP contribution >= 0.6 is 0 Å². The van der Waals surface area contributed by atoms with Crippen molar-refractivity contribution in [1.29, 1.82) is 0 Å². The number of likely N-dealkylation sites (tertiary alicyclic amines) is 1. The molecule has 3 N–H and O–H groups in total. The number of fused-ring (bicyclic) bond motifs is 1. The summed E-state index contributed by atoms with van der Waals surface area (Å²) in [5.74, 6) is -1.22. The maximum atomic E-state index is 14.0. The number of piperidine rings is 4. The second-order valence-electron chi connectivity index (χ2n) is 19.2. The normalized spacial score (nSPS) is 22.3. The number of carbonyl (C=O) groups excluding carboxylic acids is 2. The van der Waals surface area contributed by atoms with Crippen molar-refractivity contribution in [2.45, 2.75) is 105 Å². The number of para-hydroxylation sites is 1. The third kappa shape index (κ3) is 8.77. The molecular weight excluding hydrogens is 909 g/mol. The van der Waals surface area contributed by atoms with Gasteiger partial charge in [-0.15, -0.1) is 0 Å². The van der Waals surface area contributed by atoms with E-state index in [1.807, 2.05) is 18.2 Å². The average molecular weight is 962 g/mol. The lowest BCUT2D eigenvalue weighted by molar-refractivity contribution is -0.266. The van der Waals surface area contributed by atoms with Crippen molar-refractivity contribution in [1.82, 2.24) is 29.3 Å². The number of aliphatic hydroxyl groups is 1. The highest BCUT2D eigenvalue weighted by Crippen LogP contribution is 2.53. The number of nitrogens with zero attached hydrogens (tertiary/aromatic N) is 7. The predicted molar refractivity (Wildman–Crippen MR) is 236 cm³/mol. The van der Waals surface area contributed by atoms with Crippen LogP contribution in [0.3, 0.4) is 0 Å². The molecule has 1 aliphatic carbocycles. The minimum atomic E-state index is -4.94. The largest absolute Gasteiger partial charge is 0.421 e. The minimum Gasteiger partial charge on any atom is -0.380 e. The number of aryl methyl sites for hydroxylation is 2. The summed E-state index contributed by atoms with van der Waals surface area (Å²) in [6.45, 7) is 4.91. The second-order valence-corrected chi connectivity index (χ2v) is 21.4. The zero-order chi connectivity index (χ0) is 47.8. The molecule has 15 nitrogen and oxygen atoms in total. The number of carbonyl (C=O) groups is 2. The number of hydrogen-bond acceptors (Lipinski definition) is 12. The Kier molecular flexibility index (Phi) is 11.9. The first-order valence-electron chi connectivity index (χ1n) is 22.7. The number of nitrogens with one attached hydrogen (secondary N) is 2. The van der Waals surface area contributed by atoms with Crippen molar-refractivity contribution in [3.63, 3.8) is 0 Å². The van der Waals surface area contributed by atoms with E-state index in [-0.39, 0.29) is 40.7 Å². The van der Waals surface area contributed by atoms with Gasteiger partial charge in [-0.25, -0.2) is 18.2 Å². The number of imide groups is 1. The smallest absolute Gasteiger partial charge is 0.380 e. The number of anilines is 4. The summed E-state index contributed by atoms with van der Waals surface area (Å²) in [5, 5.41) is 14.7. The number of imidazole rings is 1. The lowest BCUT2D eigenvalue weighted by Crippen LogP contribution is -2.53. The van der Waals surface area contributed by atoms with Crippen LogP contribution in [-0.2, 0) is 32.7 Å². The van der Waals surface area contributed by atoms with Crippen molar-refractivity contribution < 1.29 is 49.5 Å². The SMILES string of the molecule is Cc1cc(S(=O)(=O)C2CC3(CCN(CC4CCN(c5cccc6c5n(C)c(=O)n6C5CCC(=O)NC5=O)CC4)CC3)C2)ccc1Nc1ncc(C(F)(F)F)c(N2CCC(O)(C(F)(F)F)CC2)n1. The molecule has 2 amide bonds. The van der Waals surface area contributed by atoms with Gasteiger partial charge in [0.15, 0.2) is 15.4 Å². The Balaban J connectivity index is 0.775. The fourth-order valence-electron chi connectivity index (χ4n) is 10.9. The van der Waals surface area contributed by atoms with E-state index in [1.54, 1.807) is 18.5 Å². The molecule has 5 fully saturated rings. The molecule has 362 valence electrons. The molecule has 1 atom stereocenters. The summed E-state index contributed by atoms with van der Waals surface area (Å²) >= 11 is 0. The third-order valence-corrected chi connectivity index (χ3v) is 17.1. The molecule has 2 aromatic carbocycles. The van der Waals surface area contributed by atoms with Gasteiger partial charge in [-0.3, -0.25) is 24.0 Å². The third-order valence-electron chi connectivity index (χ3n) is 15.0. The van der Waals surface area contributed by atoms with E-state index in [4.69, 9.17) is 0 Å². The lowest BCUT2D eigenvalue weighted by Gasteiger charge is -2.52. The van der Waals surface area contributed by atoms with Gasteiger partial charge in [0.2, 0.25) is 17.8 Å². The van der Waals surface area contributed by atoms with E-state index in [2.05, 4.69) is 30.4 Å². The molecular formula is C45H53F6N9O6S. The van der Waals surface area contributed by atoms with Crippen LogP contribution in [0, 0.1) is 18.3 Å². The van der Waals surface area contributed by atoms with Crippen LogP contribution in [-0.4, -0.2) is 112 Å². The number of rotatable bonds is 9. The second kappa shape index (κ2) is 17.1. The van der Waals surface area contributed by atoms with Crippen LogP contribution in [0.4, 0.5) is 49.5 Å². The molecule has 9 rings (SSSR count). The molecule has 1 saturated carbocycles. The number of halogens is 6. The van der Waals surface area contributed by atoms with Gasteiger partial charge in [0.1, 0.15) is 17.4 Å². The van der Waals surface area contributed by atoms with Gasteiger partial charge in [0.05, 0.1) is 26.9 Å². The first kappa shape index (κ1) is 46.9. The Morgan fingerprint density at radius 1 is 0.896 bits per heavy atom. The fraction of sp³-hybridized carbons (Fsp3) is 0.578. The highest BCUT2D eigenvalue weighted by Gasteiger charge is 2.55. The predicted octanol–water partition coefficient (Wildman–Crippen LogP) is 6.01. The van der Waals surface area contributed by atoms with Crippen LogP contribution in [0.2, 0.25) is 0 Å². The molecule has 0 radical (unpaired) electrons. The van der Waals surface area contributed by atoms with Crippen LogP contribution < -0.4 is 26.1 Å². The number of aromatic nitrogens is 4. The van der Waals surface area contributed by atoms with Gasteiger partial charge in [-0.1, -0.05) is 6.07 Å². The molecule has 4 aromatic rings. The summed E-state index contributed by atoms with van der Waals surface area (Å²) in [4.78, 5) is 51.8. The molecule has 1 spiro atoms. The van der Waals surface area contributed by atoms with Crippen molar-refractivity contribution in [2.24, 2.45) is 18.4 Å². The number of sulfone groups is 1. The summed E-state index contributed by atoms with van der Waals surface area (Å²) in [5.41, 5.74) is -1.43. The van der Waals surface area contributed by atoms with Gasteiger partial charge in [-0.2, -0.15) is 31.3 Å². The topological polar surface area (TPSA) is 175 Å². The Morgan fingerprint density at radius 3 is 2.21 bits per heavy atom. The van der Waals surface area contributed by atoms with Crippen molar-refractivity contribution >= 4 is 55.8 Å². The molecule has 0 bridgehead atoms. The highest BCUT2D eigenvalue weighted by atomic mass is 32.2. The lowest BCUT2D eigenvalue weighted by atomic mass is 9.63. The van der Waals surface area contributed by atoms with Crippen molar-refractivity contribution in [3.05, 3.63) is 64.2 Å². The van der Waals surface area contributed by atoms with Gasteiger partial charge >= 0.3 is 18.0 Å². The van der Waals surface area contributed by atoms with Gasteiger partial charge in [0.25, 0.3) is 0 Å². The standard InChI is InChI=1S/C45H53F6N9O6S/c1-27-22-29(6-7-32(27)53-40-52-25-31(44(46,47)48)38(55-40)59-20-14-43(64,15-21-59)45(49,50)51)67(65,66)30-23-42(24-30)12-18-57(19-13-42)26-28-10-16-58(17-11-28)33-4-3-5-34-37(33)56(2)41(63)60(34)35-8-9-36(61)54-39(35)62/h3-7,22,25,28,30,35,64H,8-21,23-24,26H2,1-2H3,(H,52,53,55)(H,54,61,62). The monoisotopic (exact) mass is 961 g/mol. The van der Waals surface area contributed by atoms with E-state index in [0.717, 1.165) is 74.5 Å². The van der Waals surface area contributed by atoms with Gasteiger partial charge < -0.3 is 25.1 Å². The van der Waals surface area contributed by atoms with Crippen molar-refractivity contribution in [2.75, 3.05) is 60.9 Å². The molecule has 22 heteroatoms. The summed E-state index contributed by atoms with van der Waals surface area (Å²) in [6.07, 6.45) is -5.69. The maximum absolute atomic E-state index is 14.0. The number of benzene rings is 2. The van der Waals surface area contributed by atoms with Crippen LogP contribution in [0.15, 0.2) is 52.3 Å². The summed E-state index contributed by atoms with van der Waals surface area (Å²) in [6, 6.07) is 9.44. The Hall–Kier alpha value is -5.22. The molecule has 5 aliphatic rings. The Labute approximate surface area is 382 Å². The van der Waals surface area contributed by atoms with Gasteiger partial charge in [-0.05, 0) is 112 Å². The molecule has 1 unspecified atom stereocenters. The highest BCUT2D eigenvalue weighted by molar-refractivity contribution is 7.92. The van der Waals surface area contributed by atoms with Crippen LogP contribution in [0.5, 0.6) is 0 Å². The zero-order valence-electron chi connectivity index (χ0n) is 37.1. The average Bonchev–Trinajstić information content (AvgIpc) is 3.52. The molecule has 4 aliphatic heterocycles. The van der Waals surface area contributed by atoms with Gasteiger partial charge in [0, 0.05) is 70.9 Å². The van der Waals surface area contributed by atoms with E-state index in [9.17, 15) is 54.3 Å². The zero-order valence-corrected chi connectivity index (χ0v) is 37.9. The Bertz CT molecular complexity index is 2740. The molecule has 4 saturated heterocycles. The summed E-state index contributed by atoms with van der Waals surface area (Å²) in [7, 11) is -1.99. The quantitative estimate of drug-likeness (QED) is 0.132. The van der Waals surface area contributed by atoms with Crippen LogP contribution in [0.1, 0.15) is 81.4 Å². The number of hydrogen-bond donors (Lipinski definition) is 3. The molecule has 2 aromatic heterocycles. The maximum Gasteiger partial charge on any atom is 0.421 e. The Morgan fingerprint density at radius 2 is 1.58 bits per heavy atom. The van der Waals surface area contributed by atoms with Crippen LogP contribution in [0.25, 0.3) is 11.0 Å². The van der Waals surface area contributed by atoms with E-state index < -0.39 is 82.3 Å². The fourth-order valence-corrected chi connectivity index (χ4v) is 13.0. The van der Waals surface area contributed by atoms with Crippen molar-refractivity contribution in [3.8, 4) is 0 Å². The minimum absolute atomic E-state index is 0.0512.